The first-order chi connectivity index (χ1) is 16.5. The lowest BCUT2D eigenvalue weighted by atomic mass is 9.98. The van der Waals surface area contributed by atoms with Crippen molar-refractivity contribution in [1.82, 2.24) is 10.6 Å². The Kier molecular flexibility index (Phi) is 7.74. The van der Waals surface area contributed by atoms with Crippen molar-refractivity contribution in [2.45, 2.75) is 36.9 Å². The number of hydrogen-bond donors (Lipinski definition) is 3. The number of carbonyl (C=O) groups excluding carboxylic acids is 2. The summed E-state index contributed by atoms with van der Waals surface area (Å²) in [4.78, 5) is 36.7. The van der Waals surface area contributed by atoms with Crippen LogP contribution in [-0.2, 0) is 19.1 Å². The standard InChI is InChI=1S/C25H28N2O6S/c1-34-13-11-21(24(29)30)26-23(28)22-20(10-12-32-22)27-25(31)33-14-19-17-8-4-2-6-15(17)16-7-3-5-9-18(16)19/h2-9,19-22H,10-14H2,1H3,(H,26,28)(H,27,31)(H,29,30)/t20-,21?,22+/m0/s1. The van der Waals surface area contributed by atoms with Gasteiger partial charge in [0.15, 0.2) is 6.10 Å². The van der Waals surface area contributed by atoms with Gasteiger partial charge >= 0.3 is 12.1 Å². The van der Waals surface area contributed by atoms with E-state index >= 15 is 0 Å². The molecule has 9 heteroatoms. The molecule has 3 N–H and O–H groups in total. The summed E-state index contributed by atoms with van der Waals surface area (Å²) >= 11 is 1.50. The molecule has 1 aliphatic carbocycles. The number of ether oxygens (including phenoxy) is 2. The second-order valence-corrected chi connectivity index (χ2v) is 9.32. The summed E-state index contributed by atoms with van der Waals surface area (Å²) in [6, 6.07) is 14.6. The summed E-state index contributed by atoms with van der Waals surface area (Å²) in [5.41, 5.74) is 4.51. The lowest BCUT2D eigenvalue weighted by Gasteiger charge is -2.22. The number of thioether (sulfide) groups is 1. The highest BCUT2D eigenvalue weighted by Crippen LogP contribution is 2.44. The molecule has 1 saturated heterocycles. The summed E-state index contributed by atoms with van der Waals surface area (Å²) in [7, 11) is 0. The van der Waals surface area contributed by atoms with Crippen LogP contribution in [0.5, 0.6) is 0 Å². The van der Waals surface area contributed by atoms with E-state index in [2.05, 4.69) is 22.8 Å². The molecule has 0 radical (unpaired) electrons. The minimum Gasteiger partial charge on any atom is -0.480 e. The zero-order chi connectivity index (χ0) is 24.1. The summed E-state index contributed by atoms with van der Waals surface area (Å²) in [6.07, 6.45) is 1.02. The van der Waals surface area contributed by atoms with E-state index in [9.17, 15) is 19.5 Å². The number of fused-ring (bicyclic) bond motifs is 3. The van der Waals surface area contributed by atoms with E-state index in [1.165, 1.54) is 11.8 Å². The number of hydrogen-bond acceptors (Lipinski definition) is 6. The van der Waals surface area contributed by atoms with E-state index in [4.69, 9.17) is 9.47 Å². The van der Waals surface area contributed by atoms with Crippen LogP contribution < -0.4 is 10.6 Å². The molecule has 4 rings (SSSR count). The molecule has 1 unspecified atom stereocenters. The third-order valence-corrected chi connectivity index (χ3v) is 6.87. The third-order valence-electron chi connectivity index (χ3n) is 6.22. The summed E-state index contributed by atoms with van der Waals surface area (Å²) in [5.74, 6) is -1.11. The van der Waals surface area contributed by atoms with Crippen molar-refractivity contribution in [3.8, 4) is 11.1 Å². The van der Waals surface area contributed by atoms with Crippen LogP contribution in [0.2, 0.25) is 0 Å². The van der Waals surface area contributed by atoms with Crippen molar-refractivity contribution in [2.75, 3.05) is 25.2 Å². The summed E-state index contributed by atoms with van der Waals surface area (Å²) < 4.78 is 11.1. The molecule has 3 atom stereocenters. The van der Waals surface area contributed by atoms with E-state index in [0.717, 1.165) is 22.3 Å². The lowest BCUT2D eigenvalue weighted by molar-refractivity contribution is -0.143. The van der Waals surface area contributed by atoms with Gasteiger partial charge in [0.2, 0.25) is 0 Å². The van der Waals surface area contributed by atoms with Crippen LogP contribution in [0.25, 0.3) is 11.1 Å². The highest BCUT2D eigenvalue weighted by Gasteiger charge is 2.37. The molecule has 0 spiro atoms. The predicted molar refractivity (Wildman–Crippen MR) is 129 cm³/mol. The maximum atomic E-state index is 12.7. The van der Waals surface area contributed by atoms with E-state index < -0.39 is 36.2 Å². The van der Waals surface area contributed by atoms with Gasteiger partial charge < -0.3 is 25.2 Å². The Morgan fingerprint density at radius 3 is 2.38 bits per heavy atom. The first kappa shape index (κ1) is 24.1. The van der Waals surface area contributed by atoms with Crippen LogP contribution in [0.1, 0.15) is 29.9 Å². The van der Waals surface area contributed by atoms with Crippen LogP contribution >= 0.6 is 11.8 Å². The molecule has 2 aliphatic rings. The summed E-state index contributed by atoms with van der Waals surface area (Å²) in [6.45, 7) is 0.453. The maximum Gasteiger partial charge on any atom is 0.407 e. The molecule has 0 bridgehead atoms. The van der Waals surface area contributed by atoms with E-state index in [1.54, 1.807) is 0 Å². The Hall–Kier alpha value is -3.04. The van der Waals surface area contributed by atoms with Gasteiger partial charge in [0.05, 0.1) is 6.04 Å². The number of rotatable bonds is 9. The Labute approximate surface area is 202 Å². The fourth-order valence-corrected chi connectivity index (χ4v) is 5.01. The normalized spacial score (nSPS) is 19.7. The zero-order valence-electron chi connectivity index (χ0n) is 18.9. The molecule has 34 heavy (non-hydrogen) atoms. The number of carboxylic acid groups (broad SMARTS) is 1. The SMILES string of the molecule is CSCCC(NC(=O)[C@@H]1OCC[C@@H]1NC(=O)OCC1c2ccccc2-c2ccccc21)C(=O)O. The van der Waals surface area contributed by atoms with Gasteiger partial charge in [0.1, 0.15) is 12.6 Å². The molecule has 180 valence electrons. The Morgan fingerprint density at radius 1 is 1.12 bits per heavy atom. The molecule has 8 nitrogen and oxygen atoms in total. The number of alkyl carbamates (subject to hydrolysis) is 1. The fraction of sp³-hybridized carbons (Fsp3) is 0.400. The van der Waals surface area contributed by atoms with Crippen LogP contribution in [0, 0.1) is 0 Å². The molecule has 0 aromatic heterocycles. The third kappa shape index (κ3) is 5.20. The van der Waals surface area contributed by atoms with Gasteiger partial charge in [0.25, 0.3) is 5.91 Å². The highest BCUT2D eigenvalue weighted by molar-refractivity contribution is 7.98. The van der Waals surface area contributed by atoms with E-state index in [-0.39, 0.29) is 19.1 Å². The van der Waals surface area contributed by atoms with Crippen molar-refractivity contribution in [3.05, 3.63) is 59.7 Å². The number of amides is 2. The minimum atomic E-state index is -1.10. The Morgan fingerprint density at radius 2 is 1.76 bits per heavy atom. The fourth-order valence-electron chi connectivity index (χ4n) is 4.53. The van der Waals surface area contributed by atoms with Crippen LogP contribution in [0.3, 0.4) is 0 Å². The topological polar surface area (TPSA) is 114 Å². The van der Waals surface area contributed by atoms with Crippen LogP contribution in [0.4, 0.5) is 4.79 Å². The molecule has 1 fully saturated rings. The van der Waals surface area contributed by atoms with E-state index in [0.29, 0.717) is 18.6 Å². The monoisotopic (exact) mass is 484 g/mol. The van der Waals surface area contributed by atoms with Crippen LogP contribution in [-0.4, -0.2) is 66.5 Å². The molecule has 1 heterocycles. The number of carboxylic acids is 1. The molecule has 1 aliphatic heterocycles. The number of carbonyl (C=O) groups is 3. The largest absolute Gasteiger partial charge is 0.480 e. The van der Waals surface area contributed by atoms with E-state index in [1.807, 2.05) is 42.7 Å². The Bertz CT molecular complexity index is 1020. The number of benzene rings is 2. The molecule has 2 aromatic carbocycles. The molecular weight excluding hydrogens is 456 g/mol. The number of nitrogens with one attached hydrogen (secondary N) is 2. The maximum absolute atomic E-state index is 12.7. The van der Waals surface area contributed by atoms with Gasteiger partial charge in [-0.3, -0.25) is 4.79 Å². The first-order valence-corrected chi connectivity index (χ1v) is 12.6. The highest BCUT2D eigenvalue weighted by atomic mass is 32.2. The van der Waals surface area contributed by atoms with Crippen molar-refractivity contribution < 1.29 is 29.0 Å². The molecule has 2 amide bonds. The predicted octanol–water partition coefficient (Wildman–Crippen LogP) is 3.01. The molecule has 2 aromatic rings. The smallest absolute Gasteiger partial charge is 0.407 e. The Balaban J connectivity index is 1.35. The first-order valence-electron chi connectivity index (χ1n) is 11.2. The second kappa shape index (κ2) is 10.9. The van der Waals surface area contributed by atoms with Gasteiger partial charge in [-0.05, 0) is 47.1 Å². The number of aliphatic carboxylic acids is 1. The van der Waals surface area contributed by atoms with Crippen LogP contribution in [0.15, 0.2) is 48.5 Å². The van der Waals surface area contributed by atoms with Crippen molar-refractivity contribution in [2.24, 2.45) is 0 Å². The van der Waals surface area contributed by atoms with Gasteiger partial charge in [-0.1, -0.05) is 48.5 Å². The van der Waals surface area contributed by atoms with Gasteiger partial charge in [-0.15, -0.1) is 0 Å². The zero-order valence-corrected chi connectivity index (χ0v) is 19.7. The van der Waals surface area contributed by atoms with Crippen molar-refractivity contribution >= 4 is 29.7 Å². The second-order valence-electron chi connectivity index (χ2n) is 8.34. The van der Waals surface area contributed by atoms with Gasteiger partial charge in [-0.25, -0.2) is 9.59 Å². The average molecular weight is 485 g/mol. The van der Waals surface area contributed by atoms with Gasteiger partial charge in [0, 0.05) is 12.5 Å². The minimum absolute atomic E-state index is 0.0650. The average Bonchev–Trinajstić information content (AvgIpc) is 3.42. The van der Waals surface area contributed by atoms with Gasteiger partial charge in [-0.2, -0.15) is 11.8 Å². The van der Waals surface area contributed by atoms with Crippen molar-refractivity contribution in [1.29, 1.82) is 0 Å². The van der Waals surface area contributed by atoms with Crippen molar-refractivity contribution in [3.63, 3.8) is 0 Å². The molecule has 0 saturated carbocycles. The summed E-state index contributed by atoms with van der Waals surface area (Å²) in [5, 5.41) is 14.6. The quantitative estimate of drug-likeness (QED) is 0.501. The molecular formula is C25H28N2O6S. The lowest BCUT2D eigenvalue weighted by Crippen LogP contribution is -2.52.